The van der Waals surface area contributed by atoms with Gasteiger partial charge in [0.15, 0.2) is 11.6 Å². The zero-order valence-electron chi connectivity index (χ0n) is 13.4. The number of imide groups is 1. The third-order valence-electron chi connectivity index (χ3n) is 5.29. The molecule has 4 rings (SSSR count). The van der Waals surface area contributed by atoms with Gasteiger partial charge in [-0.05, 0) is 48.4 Å². The monoisotopic (exact) mass is 349 g/mol. The summed E-state index contributed by atoms with van der Waals surface area (Å²) in [5, 5.41) is 4.94. The summed E-state index contributed by atoms with van der Waals surface area (Å²) in [6.07, 6.45) is 2.00. The van der Waals surface area contributed by atoms with Crippen LogP contribution in [0.5, 0.6) is 0 Å². The van der Waals surface area contributed by atoms with Crippen LogP contribution in [0.1, 0.15) is 36.8 Å². The third-order valence-corrected chi connectivity index (χ3v) is 5.29. The lowest BCUT2D eigenvalue weighted by atomic mass is 9.88. The van der Waals surface area contributed by atoms with Gasteiger partial charge < -0.3 is 10.2 Å². The van der Waals surface area contributed by atoms with Crippen molar-refractivity contribution in [2.45, 2.75) is 44.3 Å². The van der Waals surface area contributed by atoms with Gasteiger partial charge in [-0.1, -0.05) is 0 Å². The first kappa shape index (κ1) is 16.0. The molecule has 2 N–H and O–H groups in total. The maximum Gasteiger partial charge on any atom is 0.322 e. The Balaban J connectivity index is 1.43. The second-order valence-corrected chi connectivity index (χ2v) is 6.94. The second kappa shape index (κ2) is 5.50. The van der Waals surface area contributed by atoms with Gasteiger partial charge in [0.1, 0.15) is 5.54 Å². The van der Waals surface area contributed by atoms with E-state index in [1.807, 2.05) is 0 Å². The summed E-state index contributed by atoms with van der Waals surface area (Å²) in [7, 11) is 0. The average Bonchev–Trinajstić information content (AvgIpc) is 3.27. The standard InChI is InChI=1S/C17H17F2N3O3/c18-12-5-9-7-22(8-10(9)6-13(12)19)14(23)3-4-17(11-1-2-11)15(24)20-16(25)21-17/h5-6,11H,1-4,7-8H2,(H2,20,21,24,25)/t17-/m0/s1. The van der Waals surface area contributed by atoms with Crippen LogP contribution in [0.15, 0.2) is 12.1 Å². The minimum Gasteiger partial charge on any atom is -0.334 e. The fraction of sp³-hybridized carbons (Fsp3) is 0.471. The van der Waals surface area contributed by atoms with E-state index >= 15 is 0 Å². The number of hydrogen-bond donors (Lipinski definition) is 2. The Bertz CT molecular complexity index is 763. The highest BCUT2D eigenvalue weighted by molar-refractivity contribution is 6.07. The Hall–Kier alpha value is -2.51. The van der Waals surface area contributed by atoms with Crippen molar-refractivity contribution in [2.24, 2.45) is 5.92 Å². The molecule has 6 nitrogen and oxygen atoms in total. The summed E-state index contributed by atoms with van der Waals surface area (Å²) in [6.45, 7) is 0.445. The predicted molar refractivity (Wildman–Crippen MR) is 82.0 cm³/mol. The molecule has 4 amide bonds. The van der Waals surface area contributed by atoms with Crippen molar-refractivity contribution in [3.05, 3.63) is 34.9 Å². The Kier molecular flexibility index (Phi) is 3.52. The number of nitrogens with zero attached hydrogens (tertiary/aromatic N) is 1. The minimum absolute atomic E-state index is 0.0608. The van der Waals surface area contributed by atoms with E-state index in [4.69, 9.17) is 0 Å². The highest BCUT2D eigenvalue weighted by atomic mass is 19.2. The molecule has 1 saturated heterocycles. The first-order valence-electron chi connectivity index (χ1n) is 8.27. The number of halogens is 2. The van der Waals surface area contributed by atoms with Crippen molar-refractivity contribution in [1.29, 1.82) is 0 Å². The molecule has 0 unspecified atom stereocenters. The van der Waals surface area contributed by atoms with Crippen LogP contribution in [-0.4, -0.2) is 28.3 Å². The van der Waals surface area contributed by atoms with Crippen molar-refractivity contribution in [1.82, 2.24) is 15.5 Å². The number of urea groups is 1. The number of carbonyl (C=O) groups excluding carboxylic acids is 3. The molecule has 1 atom stereocenters. The van der Waals surface area contributed by atoms with E-state index in [0.717, 1.165) is 25.0 Å². The summed E-state index contributed by atoms with van der Waals surface area (Å²) >= 11 is 0. The van der Waals surface area contributed by atoms with Crippen molar-refractivity contribution >= 4 is 17.8 Å². The lowest BCUT2D eigenvalue weighted by Gasteiger charge is -2.26. The fourth-order valence-corrected chi connectivity index (χ4v) is 3.78. The Morgan fingerprint density at radius 1 is 1.16 bits per heavy atom. The van der Waals surface area contributed by atoms with Crippen molar-refractivity contribution in [3.63, 3.8) is 0 Å². The highest BCUT2D eigenvalue weighted by Gasteiger charge is 2.55. The number of benzene rings is 1. The van der Waals surface area contributed by atoms with Gasteiger partial charge in [0, 0.05) is 19.5 Å². The molecule has 0 aromatic heterocycles. The predicted octanol–water partition coefficient (Wildman–Crippen LogP) is 1.58. The molecule has 2 aliphatic heterocycles. The summed E-state index contributed by atoms with van der Waals surface area (Å²) < 4.78 is 26.6. The van der Waals surface area contributed by atoms with Crippen molar-refractivity contribution in [3.8, 4) is 0 Å². The van der Waals surface area contributed by atoms with Crippen LogP contribution >= 0.6 is 0 Å². The average molecular weight is 349 g/mol. The van der Waals surface area contributed by atoms with Crippen LogP contribution in [0.2, 0.25) is 0 Å². The number of fused-ring (bicyclic) bond motifs is 1. The van der Waals surface area contributed by atoms with E-state index < -0.39 is 23.2 Å². The lowest BCUT2D eigenvalue weighted by molar-refractivity contribution is -0.133. The molecule has 0 spiro atoms. The van der Waals surface area contributed by atoms with E-state index in [9.17, 15) is 23.2 Å². The van der Waals surface area contributed by atoms with Crippen LogP contribution in [0.3, 0.4) is 0 Å². The van der Waals surface area contributed by atoms with Gasteiger partial charge >= 0.3 is 6.03 Å². The number of rotatable bonds is 4. The molecular formula is C17H17F2N3O3. The number of nitrogens with one attached hydrogen (secondary N) is 2. The van der Waals surface area contributed by atoms with E-state index in [0.29, 0.717) is 11.1 Å². The molecule has 3 aliphatic rings. The zero-order chi connectivity index (χ0) is 17.8. The molecule has 132 valence electrons. The first-order valence-corrected chi connectivity index (χ1v) is 8.27. The maximum absolute atomic E-state index is 13.3. The van der Waals surface area contributed by atoms with Crippen LogP contribution < -0.4 is 10.6 Å². The van der Waals surface area contributed by atoms with Gasteiger partial charge in [-0.25, -0.2) is 13.6 Å². The first-order chi connectivity index (χ1) is 11.9. The zero-order valence-corrected chi connectivity index (χ0v) is 13.4. The van der Waals surface area contributed by atoms with Gasteiger partial charge in [0.2, 0.25) is 5.91 Å². The molecule has 1 saturated carbocycles. The number of amides is 4. The van der Waals surface area contributed by atoms with Gasteiger partial charge in [-0.2, -0.15) is 0 Å². The molecule has 1 aromatic carbocycles. The molecule has 8 heteroatoms. The van der Waals surface area contributed by atoms with E-state index in [1.54, 1.807) is 0 Å². The molecule has 2 heterocycles. The molecule has 0 bridgehead atoms. The van der Waals surface area contributed by atoms with Crippen LogP contribution in [0.4, 0.5) is 13.6 Å². The summed E-state index contributed by atoms with van der Waals surface area (Å²) in [6, 6.07) is 1.71. The van der Waals surface area contributed by atoms with Crippen molar-refractivity contribution in [2.75, 3.05) is 0 Å². The van der Waals surface area contributed by atoms with Crippen LogP contribution in [0.25, 0.3) is 0 Å². The highest BCUT2D eigenvalue weighted by Crippen LogP contribution is 2.44. The van der Waals surface area contributed by atoms with E-state index in [1.165, 1.54) is 4.90 Å². The molecular weight excluding hydrogens is 332 g/mol. The molecule has 1 aliphatic carbocycles. The molecule has 25 heavy (non-hydrogen) atoms. The summed E-state index contributed by atoms with van der Waals surface area (Å²) in [5.74, 6) is -2.37. The Morgan fingerprint density at radius 2 is 1.76 bits per heavy atom. The summed E-state index contributed by atoms with van der Waals surface area (Å²) in [4.78, 5) is 37.7. The largest absolute Gasteiger partial charge is 0.334 e. The topological polar surface area (TPSA) is 78.5 Å². The minimum atomic E-state index is -1.00. The fourth-order valence-electron chi connectivity index (χ4n) is 3.78. The normalized spacial score (nSPS) is 25.0. The van der Waals surface area contributed by atoms with Gasteiger partial charge in [0.25, 0.3) is 5.91 Å². The smallest absolute Gasteiger partial charge is 0.322 e. The summed E-state index contributed by atoms with van der Waals surface area (Å²) in [5.41, 5.74) is 0.185. The van der Waals surface area contributed by atoms with Gasteiger partial charge in [-0.15, -0.1) is 0 Å². The number of hydrogen-bond acceptors (Lipinski definition) is 3. The Labute approximate surface area is 142 Å². The van der Waals surface area contributed by atoms with Crippen LogP contribution in [0, 0.1) is 17.6 Å². The molecule has 1 aromatic rings. The van der Waals surface area contributed by atoms with Crippen molar-refractivity contribution < 1.29 is 23.2 Å². The maximum atomic E-state index is 13.3. The number of carbonyl (C=O) groups is 3. The van der Waals surface area contributed by atoms with Gasteiger partial charge in [-0.3, -0.25) is 14.9 Å². The quantitative estimate of drug-likeness (QED) is 0.810. The molecule has 0 radical (unpaired) electrons. The SMILES string of the molecule is O=C1NC(=O)[C@](CCC(=O)N2Cc3cc(F)c(F)cc3C2)(C2CC2)N1. The van der Waals surface area contributed by atoms with E-state index in [2.05, 4.69) is 10.6 Å². The van der Waals surface area contributed by atoms with Crippen LogP contribution in [-0.2, 0) is 22.7 Å². The Morgan fingerprint density at radius 3 is 2.24 bits per heavy atom. The van der Waals surface area contributed by atoms with E-state index in [-0.39, 0.29) is 43.7 Å². The third kappa shape index (κ3) is 2.65. The van der Waals surface area contributed by atoms with Gasteiger partial charge in [0.05, 0.1) is 0 Å². The lowest BCUT2D eigenvalue weighted by Crippen LogP contribution is -2.49. The molecule has 2 fully saturated rings. The second-order valence-electron chi connectivity index (χ2n) is 6.94.